The highest BCUT2D eigenvalue weighted by Crippen LogP contribution is 2.03. The van der Waals surface area contributed by atoms with Gasteiger partial charge in [0.1, 0.15) is 0 Å². The second kappa shape index (κ2) is 5.77. The van der Waals surface area contributed by atoms with E-state index in [0.29, 0.717) is 5.92 Å². The molecule has 0 aromatic carbocycles. The van der Waals surface area contributed by atoms with Gasteiger partial charge in [0.15, 0.2) is 5.82 Å². The van der Waals surface area contributed by atoms with Gasteiger partial charge in [0.05, 0.1) is 6.20 Å². The van der Waals surface area contributed by atoms with Crippen LogP contribution in [0.2, 0.25) is 0 Å². The Labute approximate surface area is 67.9 Å². The Kier molecular flexibility index (Phi) is 5.25. The lowest BCUT2D eigenvalue weighted by Crippen LogP contribution is -1.96. The fourth-order valence-corrected chi connectivity index (χ4v) is 0.522. The normalized spacial score (nSPS) is 8.82. The Balaban J connectivity index is 0.000000461. The Bertz CT molecular complexity index is 172. The molecule has 0 N–H and O–H groups in total. The summed E-state index contributed by atoms with van der Waals surface area (Å²) in [6.07, 6.45) is 3.23. The van der Waals surface area contributed by atoms with Gasteiger partial charge in [0.25, 0.3) is 0 Å². The first kappa shape index (κ1) is 10.0. The number of nitrogens with zero attached hydrogens (tertiary/aromatic N) is 3. The van der Waals surface area contributed by atoms with E-state index < -0.39 is 0 Å². The van der Waals surface area contributed by atoms with Crippen molar-refractivity contribution in [2.45, 2.75) is 33.6 Å². The minimum absolute atomic E-state index is 0.374. The molecule has 0 aliphatic heterocycles. The van der Waals surface area contributed by atoms with Crippen molar-refractivity contribution in [1.29, 1.82) is 0 Å². The van der Waals surface area contributed by atoms with Gasteiger partial charge in [-0.15, -0.1) is 5.10 Å². The molecule has 0 bridgehead atoms. The van der Waals surface area contributed by atoms with Gasteiger partial charge in [-0.3, -0.25) is 0 Å². The van der Waals surface area contributed by atoms with Gasteiger partial charge < -0.3 is 0 Å². The lowest BCUT2D eigenvalue weighted by atomic mass is 10.2. The SMILES string of the molecule is CC.CC(C)c1nccnn1. The molecule has 1 aromatic rings. The molecule has 62 valence electrons. The summed E-state index contributed by atoms with van der Waals surface area (Å²) < 4.78 is 0. The van der Waals surface area contributed by atoms with Crippen LogP contribution < -0.4 is 0 Å². The molecule has 1 rings (SSSR count). The molecule has 11 heavy (non-hydrogen) atoms. The fourth-order valence-electron chi connectivity index (χ4n) is 0.522. The first-order valence-corrected chi connectivity index (χ1v) is 3.94. The van der Waals surface area contributed by atoms with E-state index >= 15 is 0 Å². The number of hydrogen-bond acceptors (Lipinski definition) is 3. The average Bonchev–Trinajstić information content (AvgIpc) is 2.10. The highest BCUT2D eigenvalue weighted by atomic mass is 15.1. The third-order valence-electron chi connectivity index (χ3n) is 1.02. The molecule has 0 radical (unpaired) electrons. The van der Waals surface area contributed by atoms with Gasteiger partial charge in [-0.1, -0.05) is 27.7 Å². The highest BCUT2D eigenvalue weighted by Gasteiger charge is 1.98. The van der Waals surface area contributed by atoms with E-state index in [0.717, 1.165) is 5.82 Å². The lowest BCUT2D eigenvalue weighted by Gasteiger charge is -1.97. The van der Waals surface area contributed by atoms with E-state index in [1.54, 1.807) is 12.4 Å². The van der Waals surface area contributed by atoms with E-state index in [4.69, 9.17) is 0 Å². The molecule has 0 unspecified atom stereocenters. The third kappa shape index (κ3) is 3.65. The summed E-state index contributed by atoms with van der Waals surface area (Å²) in [5.41, 5.74) is 0. The summed E-state index contributed by atoms with van der Waals surface area (Å²) >= 11 is 0. The lowest BCUT2D eigenvalue weighted by molar-refractivity contribution is 0.735. The standard InChI is InChI=1S/C6H9N3.C2H6/c1-5(2)6-7-3-4-8-9-6;1-2/h3-5H,1-2H3;1-2H3. The summed E-state index contributed by atoms with van der Waals surface area (Å²) in [6, 6.07) is 0. The molecule has 0 fully saturated rings. The number of hydrogen-bond donors (Lipinski definition) is 0. The molecule has 0 aliphatic carbocycles. The van der Waals surface area contributed by atoms with Crippen LogP contribution in [-0.2, 0) is 0 Å². The molecule has 0 aliphatic rings. The first-order chi connectivity index (χ1) is 5.30. The Morgan fingerprint density at radius 2 is 1.82 bits per heavy atom. The summed E-state index contributed by atoms with van der Waals surface area (Å²) in [4.78, 5) is 4.00. The van der Waals surface area contributed by atoms with Crippen molar-refractivity contribution in [3.05, 3.63) is 18.2 Å². The van der Waals surface area contributed by atoms with Crippen LogP contribution in [0.3, 0.4) is 0 Å². The van der Waals surface area contributed by atoms with Gasteiger partial charge in [-0.25, -0.2) is 4.98 Å². The van der Waals surface area contributed by atoms with E-state index in [9.17, 15) is 0 Å². The summed E-state index contributed by atoms with van der Waals surface area (Å²) in [6.45, 7) is 8.08. The zero-order chi connectivity index (χ0) is 8.69. The van der Waals surface area contributed by atoms with Crippen molar-refractivity contribution >= 4 is 0 Å². The molecular weight excluding hydrogens is 138 g/mol. The zero-order valence-electron chi connectivity index (χ0n) is 7.57. The first-order valence-electron chi connectivity index (χ1n) is 3.94. The Hall–Kier alpha value is -0.990. The van der Waals surface area contributed by atoms with E-state index in [2.05, 4.69) is 15.2 Å². The summed E-state index contributed by atoms with van der Waals surface area (Å²) in [7, 11) is 0. The van der Waals surface area contributed by atoms with Crippen molar-refractivity contribution in [2.24, 2.45) is 0 Å². The fraction of sp³-hybridized carbons (Fsp3) is 0.625. The van der Waals surface area contributed by atoms with Crippen LogP contribution in [0.1, 0.15) is 39.4 Å². The van der Waals surface area contributed by atoms with Crippen LogP contribution in [0.4, 0.5) is 0 Å². The molecule has 1 heterocycles. The minimum atomic E-state index is 0.374. The van der Waals surface area contributed by atoms with Gasteiger partial charge in [-0.05, 0) is 0 Å². The maximum atomic E-state index is 4.00. The molecule has 0 amide bonds. The molecule has 0 atom stereocenters. The second-order valence-electron chi connectivity index (χ2n) is 2.16. The zero-order valence-corrected chi connectivity index (χ0v) is 7.57. The van der Waals surface area contributed by atoms with Crippen molar-refractivity contribution in [3.8, 4) is 0 Å². The highest BCUT2D eigenvalue weighted by molar-refractivity contribution is 4.87. The molecule has 0 spiro atoms. The smallest absolute Gasteiger partial charge is 0.153 e. The maximum Gasteiger partial charge on any atom is 0.153 e. The Morgan fingerprint density at radius 1 is 1.18 bits per heavy atom. The van der Waals surface area contributed by atoms with Gasteiger partial charge >= 0.3 is 0 Å². The number of aromatic nitrogens is 3. The minimum Gasteiger partial charge on any atom is -0.238 e. The van der Waals surface area contributed by atoms with Crippen molar-refractivity contribution in [2.75, 3.05) is 0 Å². The monoisotopic (exact) mass is 153 g/mol. The largest absolute Gasteiger partial charge is 0.238 e. The topological polar surface area (TPSA) is 38.7 Å². The maximum absolute atomic E-state index is 4.00. The molecule has 0 saturated carbocycles. The van der Waals surface area contributed by atoms with E-state index in [1.165, 1.54) is 0 Å². The molecule has 0 saturated heterocycles. The predicted octanol–water partition coefficient (Wildman–Crippen LogP) is 2.02. The average molecular weight is 153 g/mol. The molecule has 1 aromatic heterocycles. The molecule has 3 nitrogen and oxygen atoms in total. The van der Waals surface area contributed by atoms with E-state index in [-0.39, 0.29) is 0 Å². The van der Waals surface area contributed by atoms with Crippen LogP contribution in [0.15, 0.2) is 12.4 Å². The van der Waals surface area contributed by atoms with Crippen LogP contribution in [0.25, 0.3) is 0 Å². The summed E-state index contributed by atoms with van der Waals surface area (Å²) in [5, 5.41) is 7.51. The number of rotatable bonds is 1. The van der Waals surface area contributed by atoms with Crippen LogP contribution in [-0.4, -0.2) is 15.2 Å². The van der Waals surface area contributed by atoms with Gasteiger partial charge in [0.2, 0.25) is 0 Å². The van der Waals surface area contributed by atoms with Crippen LogP contribution in [0, 0.1) is 0 Å². The summed E-state index contributed by atoms with van der Waals surface area (Å²) in [5.74, 6) is 1.18. The Morgan fingerprint density at radius 3 is 2.09 bits per heavy atom. The third-order valence-corrected chi connectivity index (χ3v) is 1.02. The second-order valence-corrected chi connectivity index (χ2v) is 2.16. The molecule has 3 heteroatoms. The van der Waals surface area contributed by atoms with Crippen LogP contribution in [0.5, 0.6) is 0 Å². The van der Waals surface area contributed by atoms with Crippen molar-refractivity contribution < 1.29 is 0 Å². The quantitative estimate of drug-likeness (QED) is 0.619. The predicted molar refractivity (Wildman–Crippen MR) is 45.3 cm³/mol. The molecular formula is C8H15N3. The van der Waals surface area contributed by atoms with Gasteiger partial charge in [0, 0.05) is 12.1 Å². The van der Waals surface area contributed by atoms with Crippen LogP contribution >= 0.6 is 0 Å². The van der Waals surface area contributed by atoms with Crippen molar-refractivity contribution in [3.63, 3.8) is 0 Å². The van der Waals surface area contributed by atoms with Gasteiger partial charge in [-0.2, -0.15) is 5.10 Å². The van der Waals surface area contributed by atoms with Crippen molar-refractivity contribution in [1.82, 2.24) is 15.2 Å². The van der Waals surface area contributed by atoms with E-state index in [1.807, 2.05) is 27.7 Å².